The highest BCUT2D eigenvalue weighted by Crippen LogP contribution is 2.32. The molecule has 0 unspecified atom stereocenters. The molecule has 1 aromatic carbocycles. The zero-order valence-electron chi connectivity index (χ0n) is 9.86. The van der Waals surface area contributed by atoms with Crippen LogP contribution in [0.4, 0.5) is 5.69 Å². The molecular weight excluding hydrogens is 256 g/mol. The van der Waals surface area contributed by atoms with Gasteiger partial charge in [0, 0.05) is 28.7 Å². The second-order valence-electron chi connectivity index (χ2n) is 4.68. The van der Waals surface area contributed by atoms with E-state index < -0.39 is 4.92 Å². The monoisotopic (exact) mass is 270 g/mol. The Bertz CT molecular complexity index is 455. The first-order valence-electron chi connectivity index (χ1n) is 5.85. The van der Waals surface area contributed by atoms with Crippen molar-refractivity contribution >= 4 is 17.3 Å². The SMILES string of the molecule is O=[N+]([O-])c1ccc(Cl)cc1CNC1(CO)CCC1. The highest BCUT2D eigenvalue weighted by atomic mass is 35.5. The number of nitro benzene ring substituents is 1. The van der Waals surface area contributed by atoms with E-state index >= 15 is 0 Å². The minimum Gasteiger partial charge on any atom is -0.394 e. The van der Waals surface area contributed by atoms with Crippen LogP contribution in [0.15, 0.2) is 18.2 Å². The van der Waals surface area contributed by atoms with Gasteiger partial charge in [-0.1, -0.05) is 11.6 Å². The summed E-state index contributed by atoms with van der Waals surface area (Å²) in [5.41, 5.74) is 0.336. The minimum atomic E-state index is -0.417. The predicted octanol–water partition coefficient (Wildman–Crippen LogP) is 2.25. The third kappa shape index (κ3) is 2.63. The first kappa shape index (κ1) is 13.3. The number of aliphatic hydroxyl groups is 1. The zero-order chi connectivity index (χ0) is 13.2. The fraction of sp³-hybridized carbons (Fsp3) is 0.500. The maximum absolute atomic E-state index is 10.9. The molecule has 2 N–H and O–H groups in total. The van der Waals surface area contributed by atoms with Crippen LogP contribution < -0.4 is 5.32 Å². The molecule has 1 aromatic rings. The van der Waals surface area contributed by atoms with E-state index in [1.807, 2.05) is 0 Å². The number of nitrogens with one attached hydrogen (secondary N) is 1. The summed E-state index contributed by atoms with van der Waals surface area (Å²) in [7, 11) is 0. The lowest BCUT2D eigenvalue weighted by molar-refractivity contribution is -0.385. The number of nitrogens with zero attached hydrogens (tertiary/aromatic N) is 1. The molecule has 5 nitrogen and oxygen atoms in total. The molecule has 98 valence electrons. The molecule has 2 rings (SSSR count). The van der Waals surface area contributed by atoms with Gasteiger partial charge in [-0.2, -0.15) is 0 Å². The molecule has 0 saturated heterocycles. The van der Waals surface area contributed by atoms with Gasteiger partial charge in [-0.15, -0.1) is 0 Å². The van der Waals surface area contributed by atoms with Crippen LogP contribution in [0.5, 0.6) is 0 Å². The van der Waals surface area contributed by atoms with E-state index in [-0.39, 0.29) is 17.8 Å². The molecule has 0 aliphatic heterocycles. The van der Waals surface area contributed by atoms with Gasteiger partial charge in [0.1, 0.15) is 0 Å². The number of rotatable bonds is 5. The highest BCUT2D eigenvalue weighted by Gasteiger charge is 2.36. The molecule has 0 spiro atoms. The molecule has 0 heterocycles. The highest BCUT2D eigenvalue weighted by molar-refractivity contribution is 6.30. The second kappa shape index (κ2) is 5.22. The van der Waals surface area contributed by atoms with Crippen LogP contribution in [0.1, 0.15) is 24.8 Å². The number of nitro groups is 1. The van der Waals surface area contributed by atoms with Crippen molar-refractivity contribution in [2.45, 2.75) is 31.3 Å². The summed E-state index contributed by atoms with van der Waals surface area (Å²) in [4.78, 5) is 10.5. The minimum absolute atomic E-state index is 0.0549. The quantitative estimate of drug-likeness (QED) is 0.636. The van der Waals surface area contributed by atoms with Crippen LogP contribution >= 0.6 is 11.6 Å². The largest absolute Gasteiger partial charge is 0.394 e. The van der Waals surface area contributed by atoms with Gasteiger partial charge in [0.05, 0.1) is 11.5 Å². The van der Waals surface area contributed by atoms with E-state index in [9.17, 15) is 15.2 Å². The van der Waals surface area contributed by atoms with Gasteiger partial charge >= 0.3 is 0 Å². The average Bonchev–Trinajstić information content (AvgIpc) is 2.28. The molecule has 0 radical (unpaired) electrons. The fourth-order valence-electron chi connectivity index (χ4n) is 2.15. The number of hydrogen-bond donors (Lipinski definition) is 2. The molecule has 1 aliphatic carbocycles. The van der Waals surface area contributed by atoms with Gasteiger partial charge in [-0.3, -0.25) is 10.1 Å². The van der Waals surface area contributed by atoms with Crippen molar-refractivity contribution in [2.24, 2.45) is 0 Å². The molecular formula is C12H15ClN2O3. The van der Waals surface area contributed by atoms with Gasteiger partial charge in [0.25, 0.3) is 5.69 Å². The van der Waals surface area contributed by atoms with E-state index in [2.05, 4.69) is 5.32 Å². The Kier molecular flexibility index (Phi) is 3.85. The summed E-state index contributed by atoms with van der Waals surface area (Å²) in [6.07, 6.45) is 2.88. The van der Waals surface area contributed by atoms with Gasteiger partial charge in [0.15, 0.2) is 0 Å². The van der Waals surface area contributed by atoms with Crippen molar-refractivity contribution in [1.82, 2.24) is 5.32 Å². The third-order valence-electron chi connectivity index (χ3n) is 3.51. The summed E-state index contributed by atoms with van der Waals surface area (Å²) in [5.74, 6) is 0. The Labute approximate surface area is 110 Å². The van der Waals surface area contributed by atoms with Crippen molar-refractivity contribution in [3.8, 4) is 0 Å². The Morgan fingerprint density at radius 2 is 2.22 bits per heavy atom. The molecule has 0 atom stereocenters. The molecule has 0 amide bonds. The van der Waals surface area contributed by atoms with Crippen LogP contribution in [0.3, 0.4) is 0 Å². The zero-order valence-corrected chi connectivity index (χ0v) is 10.6. The van der Waals surface area contributed by atoms with E-state index in [0.29, 0.717) is 17.1 Å². The third-order valence-corrected chi connectivity index (χ3v) is 3.74. The van der Waals surface area contributed by atoms with E-state index in [1.54, 1.807) is 6.07 Å². The van der Waals surface area contributed by atoms with Crippen molar-refractivity contribution < 1.29 is 10.0 Å². The number of hydrogen-bond acceptors (Lipinski definition) is 4. The normalized spacial score (nSPS) is 17.2. The lowest BCUT2D eigenvalue weighted by atomic mass is 9.77. The van der Waals surface area contributed by atoms with Crippen LogP contribution in [0.25, 0.3) is 0 Å². The Morgan fingerprint density at radius 3 is 2.72 bits per heavy atom. The number of benzene rings is 1. The van der Waals surface area contributed by atoms with Crippen LogP contribution in [0, 0.1) is 10.1 Å². The van der Waals surface area contributed by atoms with Gasteiger partial charge in [-0.25, -0.2) is 0 Å². The molecule has 1 saturated carbocycles. The van der Waals surface area contributed by atoms with E-state index in [0.717, 1.165) is 19.3 Å². The van der Waals surface area contributed by atoms with Gasteiger partial charge < -0.3 is 10.4 Å². The molecule has 0 aromatic heterocycles. The summed E-state index contributed by atoms with van der Waals surface area (Å²) < 4.78 is 0. The van der Waals surface area contributed by atoms with Crippen LogP contribution in [-0.4, -0.2) is 22.2 Å². The molecule has 6 heteroatoms. The maximum atomic E-state index is 10.9. The summed E-state index contributed by atoms with van der Waals surface area (Å²) >= 11 is 5.85. The van der Waals surface area contributed by atoms with Gasteiger partial charge in [-0.05, 0) is 31.4 Å². The lowest BCUT2D eigenvalue weighted by Crippen LogP contribution is -2.53. The van der Waals surface area contributed by atoms with Crippen LogP contribution in [0.2, 0.25) is 5.02 Å². The molecule has 18 heavy (non-hydrogen) atoms. The summed E-state index contributed by atoms with van der Waals surface area (Å²) in [6, 6.07) is 4.51. The topological polar surface area (TPSA) is 75.4 Å². The average molecular weight is 271 g/mol. The van der Waals surface area contributed by atoms with Crippen molar-refractivity contribution in [3.05, 3.63) is 38.9 Å². The molecule has 0 bridgehead atoms. The Hall–Kier alpha value is -1.17. The van der Waals surface area contributed by atoms with E-state index in [4.69, 9.17) is 11.6 Å². The van der Waals surface area contributed by atoms with Crippen molar-refractivity contribution in [2.75, 3.05) is 6.61 Å². The Morgan fingerprint density at radius 1 is 1.50 bits per heavy atom. The van der Waals surface area contributed by atoms with Crippen molar-refractivity contribution in [1.29, 1.82) is 0 Å². The first-order valence-corrected chi connectivity index (χ1v) is 6.23. The van der Waals surface area contributed by atoms with Gasteiger partial charge in [0.2, 0.25) is 0 Å². The number of halogens is 1. The lowest BCUT2D eigenvalue weighted by Gasteiger charge is -2.41. The summed E-state index contributed by atoms with van der Waals surface area (Å²) in [5, 5.41) is 23.9. The Balaban J connectivity index is 2.12. The van der Waals surface area contributed by atoms with Crippen molar-refractivity contribution in [3.63, 3.8) is 0 Å². The molecule has 1 fully saturated rings. The van der Waals surface area contributed by atoms with Crippen LogP contribution in [-0.2, 0) is 6.54 Å². The second-order valence-corrected chi connectivity index (χ2v) is 5.11. The van der Waals surface area contributed by atoms with E-state index in [1.165, 1.54) is 12.1 Å². The molecule has 1 aliphatic rings. The smallest absolute Gasteiger partial charge is 0.273 e. The number of aliphatic hydroxyl groups excluding tert-OH is 1. The summed E-state index contributed by atoms with van der Waals surface area (Å²) in [6.45, 7) is 0.402. The maximum Gasteiger partial charge on any atom is 0.273 e. The predicted molar refractivity (Wildman–Crippen MR) is 68.6 cm³/mol. The fourth-order valence-corrected chi connectivity index (χ4v) is 2.35. The first-order chi connectivity index (χ1) is 8.56. The standard InChI is InChI=1S/C12H15ClN2O3/c13-10-2-3-11(15(17)18)9(6-10)7-14-12(8-16)4-1-5-12/h2-3,6,14,16H,1,4-5,7-8H2.